The largest absolute Gasteiger partial charge is 0.309 e. The molecule has 12 aromatic rings. The van der Waals surface area contributed by atoms with Crippen LogP contribution >= 0.6 is 22.7 Å². The molecule has 0 N–H and O–H groups in total. The van der Waals surface area contributed by atoms with Crippen molar-refractivity contribution >= 4 is 44.5 Å². The molecule has 0 aliphatic rings. The van der Waals surface area contributed by atoms with Gasteiger partial charge in [-0.15, -0.1) is 11.3 Å². The summed E-state index contributed by atoms with van der Waals surface area (Å²) in [6.07, 6.45) is 0. The smallest absolute Gasteiger partial charge is 0.0578 e. The highest BCUT2D eigenvalue weighted by Gasteiger charge is 2.25. The fraction of sp³-hybridized carbons (Fsp3) is 0.421. The van der Waals surface area contributed by atoms with Crippen LogP contribution in [0.1, 0.15) is 286 Å². The Morgan fingerprint density at radius 3 is 0.782 bits per heavy atom. The monoisotopic (exact) mass is 1510 g/mol. The summed E-state index contributed by atoms with van der Waals surface area (Å²) in [6.45, 7) is 80.5. The van der Waals surface area contributed by atoms with Crippen molar-refractivity contribution in [1.82, 2.24) is 4.57 Å². The Bertz CT molecular complexity index is 4320. The normalized spacial score (nSPS) is 11.8. The van der Waals surface area contributed by atoms with E-state index in [1.54, 1.807) is 11.3 Å². The molecule has 12 rings (SSSR count). The van der Waals surface area contributed by atoms with Gasteiger partial charge < -0.3 is 4.57 Å². The summed E-state index contributed by atoms with van der Waals surface area (Å²) in [5.74, 6) is 0. The van der Waals surface area contributed by atoms with Crippen molar-refractivity contribution in [3.8, 4) is 5.69 Å². The quantitative estimate of drug-likeness (QED) is 0.154. The highest BCUT2D eigenvalue weighted by Crippen LogP contribution is 2.39. The lowest BCUT2D eigenvalue weighted by Gasteiger charge is -2.23. The van der Waals surface area contributed by atoms with E-state index in [0.29, 0.717) is 10.8 Å². The van der Waals surface area contributed by atoms with Crippen LogP contribution < -0.4 is 0 Å². The predicted octanol–water partition coefficient (Wildman–Crippen LogP) is 32.9. The minimum atomic E-state index is 0.0976. The number of nitrogens with zero attached hydrogens (tertiary/aromatic N) is 1. The third kappa shape index (κ3) is 29.0. The number of para-hydroxylation sites is 3. The van der Waals surface area contributed by atoms with Crippen molar-refractivity contribution in [2.75, 3.05) is 0 Å². The second kappa shape index (κ2) is 40.1. The summed E-state index contributed by atoms with van der Waals surface area (Å²) < 4.78 is 2.41. The lowest BCUT2D eigenvalue weighted by atomic mass is 9.81. The third-order valence-corrected chi connectivity index (χ3v) is 21.7. The van der Waals surface area contributed by atoms with Crippen LogP contribution in [0.4, 0.5) is 0 Å². The zero-order valence-corrected chi connectivity index (χ0v) is 77.4. The standard InChI is InChI=1S/C22H21N.3C12H18.3C11H16.2C8H12S/c1-22(2,3)19-14-9-13-18-17-12-7-8-15-20(17)23(21(18)19)16-10-5-4-6-11-16;3*1-9-7-6-8-10(2)11(9)12(3,4)5;3*1-9-7-5-6-8-10(9)11(2,3)4;1-8(2,3)7-4-5-9-6-7;1-8(2,3)7-5-4-6-9-7/h4-15H,1-3H3;3*6-8H,1-5H3;3*5-8H,1-4H3;2*4-6H,1-3H3. The molecule has 1 nitrogen and oxygen atoms in total. The first kappa shape index (κ1) is 94.6. The summed E-state index contributed by atoms with van der Waals surface area (Å²) in [6, 6.07) is 77.7. The Hall–Kier alpha value is -7.82. The Labute approximate surface area is 681 Å². The summed E-state index contributed by atoms with van der Waals surface area (Å²) in [5.41, 5.74) is 30.5. The fourth-order valence-electron chi connectivity index (χ4n) is 15.1. The van der Waals surface area contributed by atoms with Gasteiger partial charge in [0.1, 0.15) is 0 Å². The number of thiophene rings is 2. The molecule has 110 heavy (non-hydrogen) atoms. The number of hydrogen-bond acceptors (Lipinski definition) is 2. The molecule has 0 aliphatic heterocycles. The van der Waals surface area contributed by atoms with E-state index in [-0.39, 0.29) is 37.9 Å². The molecule has 0 spiro atoms. The molecule has 0 atom stereocenters. The highest BCUT2D eigenvalue weighted by molar-refractivity contribution is 7.10. The molecule has 9 aromatic carbocycles. The van der Waals surface area contributed by atoms with E-state index in [0.717, 1.165) is 0 Å². The van der Waals surface area contributed by atoms with Gasteiger partial charge in [0.25, 0.3) is 0 Å². The van der Waals surface area contributed by atoms with E-state index in [2.05, 4.69) is 488 Å². The maximum absolute atomic E-state index is 2.41. The molecule has 3 aromatic heterocycles. The maximum atomic E-state index is 2.41. The van der Waals surface area contributed by atoms with Gasteiger partial charge in [0.15, 0.2) is 0 Å². The zero-order chi connectivity index (χ0) is 83.3. The molecule has 0 unspecified atom stereocenters. The van der Waals surface area contributed by atoms with Gasteiger partial charge in [0.05, 0.1) is 11.0 Å². The van der Waals surface area contributed by atoms with Gasteiger partial charge in [0.2, 0.25) is 0 Å². The minimum absolute atomic E-state index is 0.0976. The second-order valence-corrected chi connectivity index (χ2v) is 41.1. The molecule has 0 fully saturated rings. The molecule has 592 valence electrons. The first-order chi connectivity index (χ1) is 50.6. The SMILES string of the molecule is CC(C)(C)c1cccc2c3ccccc3n(-c3ccccc3)c12.CC(C)(C)c1cccs1.CC(C)(C)c1ccsc1.Cc1cccc(C)c1C(C)(C)C.Cc1cccc(C)c1C(C)(C)C.Cc1cccc(C)c1C(C)(C)C.Cc1ccccc1C(C)(C)C.Cc1ccccc1C(C)(C)C.Cc1ccccc1C(C)(C)C. The van der Waals surface area contributed by atoms with Gasteiger partial charge in [-0.1, -0.05) is 375 Å². The minimum Gasteiger partial charge on any atom is -0.309 e. The lowest BCUT2D eigenvalue weighted by Crippen LogP contribution is -2.14. The highest BCUT2D eigenvalue weighted by atomic mass is 32.1. The van der Waals surface area contributed by atoms with Crippen molar-refractivity contribution in [2.45, 2.75) is 298 Å². The van der Waals surface area contributed by atoms with Crippen LogP contribution in [0.5, 0.6) is 0 Å². The summed E-state index contributed by atoms with van der Waals surface area (Å²) in [4.78, 5) is 1.46. The Balaban J connectivity index is 0.000000266. The first-order valence-electron chi connectivity index (χ1n) is 40.1. The van der Waals surface area contributed by atoms with Crippen molar-refractivity contribution in [3.05, 3.63) is 334 Å². The summed E-state index contributed by atoms with van der Waals surface area (Å²) in [5, 5.41) is 9.11. The molecular weight excluding hydrogens is 1360 g/mol. The van der Waals surface area contributed by atoms with Crippen LogP contribution in [0.25, 0.3) is 27.5 Å². The molecule has 3 heterocycles. The predicted molar refractivity (Wildman–Crippen MR) is 499 cm³/mol. The summed E-state index contributed by atoms with van der Waals surface area (Å²) >= 11 is 3.60. The van der Waals surface area contributed by atoms with Crippen LogP contribution in [0.3, 0.4) is 0 Å². The average Bonchev–Trinajstić information content (AvgIpc) is 1.58. The Morgan fingerprint density at radius 2 is 0.527 bits per heavy atom. The van der Waals surface area contributed by atoms with Gasteiger partial charge in [-0.05, 0) is 252 Å². The second-order valence-electron chi connectivity index (χ2n) is 39.4. The molecular formula is C107H147NS2. The molecule has 0 amide bonds. The van der Waals surface area contributed by atoms with Crippen LogP contribution in [-0.2, 0) is 48.7 Å². The maximum Gasteiger partial charge on any atom is 0.0578 e. The summed E-state index contributed by atoms with van der Waals surface area (Å²) in [7, 11) is 0. The lowest BCUT2D eigenvalue weighted by molar-refractivity contribution is 0.581. The van der Waals surface area contributed by atoms with Gasteiger partial charge in [-0.2, -0.15) is 11.3 Å². The fourth-order valence-corrected chi connectivity index (χ4v) is 16.8. The number of aryl methyl sites for hydroxylation is 9. The van der Waals surface area contributed by atoms with E-state index in [1.165, 1.54) is 127 Å². The number of hydrogen-bond donors (Lipinski definition) is 0. The van der Waals surface area contributed by atoms with E-state index in [1.807, 2.05) is 11.3 Å². The van der Waals surface area contributed by atoms with E-state index in [9.17, 15) is 0 Å². The average molecular weight is 1510 g/mol. The molecule has 0 bridgehead atoms. The van der Waals surface area contributed by atoms with E-state index in [4.69, 9.17) is 0 Å². The van der Waals surface area contributed by atoms with Gasteiger partial charge in [-0.25, -0.2) is 0 Å². The van der Waals surface area contributed by atoms with E-state index >= 15 is 0 Å². The number of aromatic nitrogens is 1. The zero-order valence-electron chi connectivity index (χ0n) is 75.8. The topological polar surface area (TPSA) is 4.93 Å². The van der Waals surface area contributed by atoms with Crippen molar-refractivity contribution < 1.29 is 0 Å². The van der Waals surface area contributed by atoms with E-state index < -0.39 is 0 Å². The van der Waals surface area contributed by atoms with Gasteiger partial charge >= 0.3 is 0 Å². The van der Waals surface area contributed by atoms with Crippen molar-refractivity contribution in [1.29, 1.82) is 0 Å². The molecule has 0 aliphatic carbocycles. The number of fused-ring (bicyclic) bond motifs is 3. The van der Waals surface area contributed by atoms with Crippen molar-refractivity contribution in [3.63, 3.8) is 0 Å². The molecule has 0 radical (unpaired) electrons. The number of benzene rings is 9. The van der Waals surface area contributed by atoms with Crippen molar-refractivity contribution in [2.24, 2.45) is 0 Å². The molecule has 0 saturated carbocycles. The molecule has 3 heteroatoms. The van der Waals surface area contributed by atoms with Crippen LogP contribution in [0, 0.1) is 62.3 Å². The van der Waals surface area contributed by atoms with Crippen LogP contribution in [0.15, 0.2) is 235 Å². The van der Waals surface area contributed by atoms with Crippen LogP contribution in [0.2, 0.25) is 0 Å². The van der Waals surface area contributed by atoms with Crippen LogP contribution in [-0.4, -0.2) is 4.57 Å². The van der Waals surface area contributed by atoms with Gasteiger partial charge in [-0.3, -0.25) is 0 Å². The first-order valence-corrected chi connectivity index (χ1v) is 42.0. The Kier molecular flexibility index (Phi) is 34.4. The third-order valence-electron chi connectivity index (χ3n) is 19.7. The van der Waals surface area contributed by atoms with Gasteiger partial charge in [0, 0.05) is 21.3 Å². The Morgan fingerprint density at radius 1 is 0.227 bits per heavy atom. The number of rotatable bonds is 1. The molecule has 0 saturated heterocycles.